The highest BCUT2D eigenvalue weighted by Crippen LogP contribution is 2.34. The monoisotopic (exact) mass is 674 g/mol. The van der Waals surface area contributed by atoms with E-state index in [0.29, 0.717) is 35.6 Å². The van der Waals surface area contributed by atoms with E-state index in [0.717, 1.165) is 12.8 Å². The molecule has 2 aromatic carbocycles. The lowest BCUT2D eigenvalue weighted by atomic mass is 9.88. The fourth-order valence-corrected chi connectivity index (χ4v) is 5.30. The maximum atomic E-state index is 13.0. The van der Waals surface area contributed by atoms with E-state index in [1.54, 1.807) is 54.6 Å². The number of hydrogen-bond acceptors (Lipinski definition) is 9. The third-order valence-electron chi connectivity index (χ3n) is 7.65. The number of ether oxygens (including phenoxy) is 3. The second kappa shape index (κ2) is 19.3. The molecule has 2 amide bonds. The van der Waals surface area contributed by atoms with Crippen LogP contribution in [0.2, 0.25) is 5.02 Å². The van der Waals surface area contributed by atoms with E-state index >= 15 is 0 Å². The van der Waals surface area contributed by atoms with Crippen LogP contribution in [-0.2, 0) is 41.4 Å². The van der Waals surface area contributed by atoms with Crippen LogP contribution in [0.1, 0.15) is 43.2 Å². The number of carboxylic acids is 1. The van der Waals surface area contributed by atoms with Gasteiger partial charge in [-0.05, 0) is 36.1 Å². The van der Waals surface area contributed by atoms with Gasteiger partial charge in [-0.15, -0.1) is 6.42 Å². The molecule has 1 heterocycles. The zero-order valence-corrected chi connectivity index (χ0v) is 26.8. The molecule has 13 heteroatoms. The van der Waals surface area contributed by atoms with Crippen LogP contribution in [0.4, 0.5) is 0 Å². The third-order valence-corrected chi connectivity index (χ3v) is 7.91. The van der Waals surface area contributed by atoms with Gasteiger partial charge in [-0.3, -0.25) is 9.59 Å². The second-order valence-electron chi connectivity index (χ2n) is 11.4. The topological polar surface area (TPSA) is 184 Å². The number of benzene rings is 2. The Balaban J connectivity index is 1.69. The zero-order valence-electron chi connectivity index (χ0n) is 26.1. The smallest absolute Gasteiger partial charge is 0.364 e. The first-order chi connectivity index (χ1) is 22.5. The summed E-state index contributed by atoms with van der Waals surface area (Å²) in [6.45, 7) is 0.261. The van der Waals surface area contributed by atoms with Gasteiger partial charge < -0.3 is 45.3 Å². The van der Waals surface area contributed by atoms with E-state index < -0.39 is 67.0 Å². The molecule has 256 valence electrons. The average Bonchev–Trinajstić information content (AvgIpc) is 3.05. The first-order valence-electron chi connectivity index (χ1n) is 15.5. The summed E-state index contributed by atoms with van der Waals surface area (Å²) < 4.78 is 16.8. The number of carboxylic acid groups (broad SMARTS) is 1. The number of unbranched alkanes of at least 4 members (excludes halogenated alkanes) is 3. The van der Waals surface area contributed by atoms with Gasteiger partial charge in [0.15, 0.2) is 0 Å². The van der Waals surface area contributed by atoms with Crippen LogP contribution < -0.4 is 10.6 Å². The number of hydrogen-bond donors (Lipinski definition) is 6. The molecule has 12 nitrogen and oxygen atoms in total. The summed E-state index contributed by atoms with van der Waals surface area (Å²) in [4.78, 5) is 38.0. The lowest BCUT2D eigenvalue weighted by Gasteiger charge is -2.46. The third kappa shape index (κ3) is 12.2. The number of rotatable bonds is 19. The molecule has 1 aliphatic heterocycles. The molecule has 6 N–H and O–H groups in total. The van der Waals surface area contributed by atoms with E-state index in [1.807, 2.05) is 0 Å². The van der Waals surface area contributed by atoms with Crippen molar-refractivity contribution in [2.45, 2.75) is 81.2 Å². The summed E-state index contributed by atoms with van der Waals surface area (Å²) in [5, 5.41) is 49.1. The van der Waals surface area contributed by atoms with Crippen molar-refractivity contribution in [3.63, 3.8) is 0 Å². The Morgan fingerprint density at radius 1 is 0.979 bits per heavy atom. The fourth-order valence-electron chi connectivity index (χ4n) is 5.17. The Morgan fingerprint density at radius 2 is 1.62 bits per heavy atom. The number of aliphatic hydroxyl groups is 3. The van der Waals surface area contributed by atoms with Crippen molar-refractivity contribution in [3.05, 3.63) is 70.7 Å². The van der Waals surface area contributed by atoms with Gasteiger partial charge in [0.2, 0.25) is 11.8 Å². The highest BCUT2D eigenvalue weighted by Gasteiger charge is 2.55. The minimum Gasteiger partial charge on any atom is -0.477 e. The zero-order chi connectivity index (χ0) is 34.2. The Bertz CT molecular complexity index is 1320. The van der Waals surface area contributed by atoms with E-state index in [4.69, 9.17) is 32.2 Å². The van der Waals surface area contributed by atoms with Crippen molar-refractivity contribution in [2.75, 3.05) is 26.4 Å². The van der Waals surface area contributed by atoms with Crippen molar-refractivity contribution in [3.8, 4) is 12.3 Å². The number of carbonyl (C=O) groups is 3. The first kappa shape index (κ1) is 37.9. The van der Waals surface area contributed by atoms with Crippen LogP contribution >= 0.6 is 11.6 Å². The number of nitrogens with one attached hydrogen (secondary N) is 2. The van der Waals surface area contributed by atoms with Gasteiger partial charge >= 0.3 is 5.97 Å². The Kier molecular flexibility index (Phi) is 15.6. The van der Waals surface area contributed by atoms with Gasteiger partial charge in [0, 0.05) is 24.6 Å². The van der Waals surface area contributed by atoms with Gasteiger partial charge in [0.05, 0.1) is 37.7 Å². The molecular weight excluding hydrogens is 632 g/mol. The summed E-state index contributed by atoms with van der Waals surface area (Å²) in [5.41, 5.74) is 1.35. The molecule has 0 saturated carbocycles. The SMILES string of the molecule is C#CCOCCCCCCO[C@]1(C(=O)O)C[C@H](O)[C@@H](NC(=O)Cc2ccccc2)[C@H]([C@H](O)[C@H](O)CNC(=O)Cc2ccc(Cl)cc2)O1. The van der Waals surface area contributed by atoms with E-state index in [9.17, 15) is 34.8 Å². The van der Waals surface area contributed by atoms with Crippen molar-refractivity contribution >= 4 is 29.4 Å². The maximum absolute atomic E-state index is 13.0. The van der Waals surface area contributed by atoms with Crippen LogP contribution in [0.5, 0.6) is 0 Å². The van der Waals surface area contributed by atoms with Crippen LogP contribution in [0.15, 0.2) is 54.6 Å². The minimum atomic E-state index is -2.38. The number of amides is 2. The molecule has 2 aromatic rings. The molecule has 0 bridgehead atoms. The largest absolute Gasteiger partial charge is 0.477 e. The second-order valence-corrected chi connectivity index (χ2v) is 11.8. The Morgan fingerprint density at radius 3 is 2.28 bits per heavy atom. The van der Waals surface area contributed by atoms with Crippen molar-refractivity contribution in [2.24, 2.45) is 0 Å². The van der Waals surface area contributed by atoms with Crippen LogP contribution in [0.25, 0.3) is 0 Å². The molecule has 0 spiro atoms. The van der Waals surface area contributed by atoms with E-state index in [-0.39, 0.29) is 26.1 Å². The van der Waals surface area contributed by atoms with Crippen molar-refractivity contribution in [1.29, 1.82) is 0 Å². The highest BCUT2D eigenvalue weighted by atomic mass is 35.5. The minimum absolute atomic E-state index is 0.0231. The van der Waals surface area contributed by atoms with Crippen LogP contribution in [0.3, 0.4) is 0 Å². The Labute approximate surface area is 279 Å². The van der Waals surface area contributed by atoms with Crippen molar-refractivity contribution < 1.29 is 49.0 Å². The fraction of sp³-hybridized carbons (Fsp3) is 0.500. The number of aliphatic carboxylic acids is 1. The number of halogens is 1. The molecule has 1 fully saturated rings. The number of aliphatic hydroxyl groups excluding tert-OH is 3. The van der Waals surface area contributed by atoms with Gasteiger partial charge in [0.25, 0.3) is 5.79 Å². The van der Waals surface area contributed by atoms with E-state index in [1.165, 1.54) is 0 Å². The van der Waals surface area contributed by atoms with Crippen molar-refractivity contribution in [1.82, 2.24) is 10.6 Å². The molecule has 0 radical (unpaired) electrons. The average molecular weight is 675 g/mol. The predicted molar refractivity (Wildman–Crippen MR) is 172 cm³/mol. The molecule has 1 saturated heterocycles. The lowest BCUT2D eigenvalue weighted by Crippen LogP contribution is -2.68. The normalized spacial score (nSPS) is 22.1. The summed E-state index contributed by atoms with van der Waals surface area (Å²) >= 11 is 5.89. The molecule has 1 aliphatic rings. The predicted octanol–water partition coefficient (Wildman–Crippen LogP) is 1.61. The molecule has 6 atom stereocenters. The summed E-state index contributed by atoms with van der Waals surface area (Å²) in [6, 6.07) is 14.1. The van der Waals surface area contributed by atoms with E-state index in [2.05, 4.69) is 16.6 Å². The number of carbonyl (C=O) groups excluding carboxylic acids is 2. The molecule has 0 unspecified atom stereocenters. The summed E-state index contributed by atoms with van der Waals surface area (Å²) in [5.74, 6) is -2.52. The van der Waals surface area contributed by atoms with Crippen LogP contribution in [-0.4, -0.2) is 101 Å². The summed E-state index contributed by atoms with van der Waals surface area (Å²) in [7, 11) is 0. The molecule has 0 aromatic heterocycles. The Hall–Kier alpha value is -3.54. The van der Waals surface area contributed by atoms with Gasteiger partial charge in [-0.1, -0.05) is 72.8 Å². The van der Waals surface area contributed by atoms with Crippen LogP contribution in [0, 0.1) is 12.3 Å². The lowest BCUT2D eigenvalue weighted by molar-refractivity contribution is -0.310. The molecule has 0 aliphatic carbocycles. The quantitative estimate of drug-likeness (QED) is 0.0945. The van der Waals surface area contributed by atoms with Gasteiger partial charge in [0.1, 0.15) is 18.8 Å². The number of terminal acetylenes is 1. The maximum Gasteiger partial charge on any atom is 0.364 e. The highest BCUT2D eigenvalue weighted by molar-refractivity contribution is 6.30. The molecular formula is C34H43ClN2O10. The molecule has 47 heavy (non-hydrogen) atoms. The summed E-state index contributed by atoms with van der Waals surface area (Å²) in [6.07, 6.45) is 0.504. The standard InChI is InChI=1S/C34H43ClN2O10/c1-2-16-45-17-8-3-4-9-18-46-34(33(43)44)21-26(38)30(37-29(41)20-23-10-6-5-7-11-23)32(47-34)31(42)27(39)22-36-28(40)19-24-12-14-25(35)15-13-24/h1,5-7,10-15,26-27,30-32,38-39,42H,3-4,8-9,16-22H2,(H,36,40)(H,37,41)(H,43,44)/t26-,27+,30+,31+,32+,34+/m0/s1. The van der Waals surface area contributed by atoms with Gasteiger partial charge in [-0.25, -0.2) is 4.79 Å². The first-order valence-corrected chi connectivity index (χ1v) is 15.9. The van der Waals surface area contributed by atoms with Gasteiger partial charge in [-0.2, -0.15) is 0 Å². The molecule has 3 rings (SSSR count).